The molecular formula is C12H20BrNO. The van der Waals surface area contributed by atoms with E-state index in [4.69, 9.17) is 0 Å². The molecule has 4 atom stereocenters. The highest BCUT2D eigenvalue weighted by atomic mass is 79.9. The Morgan fingerprint density at radius 1 is 1.27 bits per heavy atom. The lowest BCUT2D eigenvalue weighted by atomic mass is 9.77. The van der Waals surface area contributed by atoms with Gasteiger partial charge in [0.1, 0.15) is 0 Å². The lowest BCUT2D eigenvalue weighted by Crippen LogP contribution is -2.45. The van der Waals surface area contributed by atoms with E-state index in [2.05, 4.69) is 34.7 Å². The van der Waals surface area contributed by atoms with Gasteiger partial charge < -0.3 is 4.90 Å². The first-order chi connectivity index (χ1) is 7.11. The summed E-state index contributed by atoms with van der Waals surface area (Å²) in [6.45, 7) is 5.59. The van der Waals surface area contributed by atoms with Gasteiger partial charge in [-0.2, -0.15) is 0 Å². The number of rotatable bonds is 1. The molecule has 2 rings (SSSR count). The molecule has 0 aromatic carbocycles. The second kappa shape index (κ2) is 4.44. The molecule has 86 valence electrons. The molecule has 4 unspecified atom stereocenters. The van der Waals surface area contributed by atoms with Crippen LogP contribution in [0.25, 0.3) is 0 Å². The summed E-state index contributed by atoms with van der Waals surface area (Å²) in [5, 5.41) is 0. The minimum absolute atomic E-state index is 0.0851. The maximum absolute atomic E-state index is 11.9. The van der Waals surface area contributed by atoms with Gasteiger partial charge >= 0.3 is 0 Å². The fourth-order valence-electron chi connectivity index (χ4n) is 2.99. The van der Waals surface area contributed by atoms with Gasteiger partial charge in [-0.25, -0.2) is 0 Å². The Bertz CT molecular complexity index is 256. The van der Waals surface area contributed by atoms with Crippen molar-refractivity contribution >= 4 is 21.8 Å². The van der Waals surface area contributed by atoms with E-state index in [1.807, 2.05) is 0 Å². The van der Waals surface area contributed by atoms with Gasteiger partial charge in [0.15, 0.2) is 0 Å². The highest BCUT2D eigenvalue weighted by molar-refractivity contribution is 9.10. The molecule has 15 heavy (non-hydrogen) atoms. The van der Waals surface area contributed by atoms with Gasteiger partial charge in [-0.05, 0) is 24.7 Å². The maximum atomic E-state index is 11.9. The van der Waals surface area contributed by atoms with Crippen molar-refractivity contribution in [1.82, 2.24) is 4.90 Å². The smallest absolute Gasteiger partial charge is 0.236 e. The topological polar surface area (TPSA) is 20.3 Å². The van der Waals surface area contributed by atoms with Gasteiger partial charge in [0.05, 0.1) is 4.83 Å². The summed E-state index contributed by atoms with van der Waals surface area (Å²) in [5.74, 6) is 1.76. The van der Waals surface area contributed by atoms with E-state index in [-0.39, 0.29) is 4.83 Å². The van der Waals surface area contributed by atoms with Crippen LogP contribution in [0, 0.1) is 11.8 Å². The third-order valence-electron chi connectivity index (χ3n) is 4.24. The monoisotopic (exact) mass is 273 g/mol. The molecule has 3 heteroatoms. The quantitative estimate of drug-likeness (QED) is 0.673. The van der Waals surface area contributed by atoms with Crippen molar-refractivity contribution in [1.29, 1.82) is 0 Å². The second-order valence-electron chi connectivity index (χ2n) is 5.12. The Morgan fingerprint density at radius 2 is 2.00 bits per heavy atom. The summed E-state index contributed by atoms with van der Waals surface area (Å²) in [5.41, 5.74) is 0. The predicted molar refractivity (Wildman–Crippen MR) is 65.0 cm³/mol. The van der Waals surface area contributed by atoms with Crippen molar-refractivity contribution < 1.29 is 4.79 Å². The fraction of sp³-hybridized carbons (Fsp3) is 0.917. The normalized spacial score (nSPS) is 42.3. The lowest BCUT2D eigenvalue weighted by molar-refractivity contribution is -0.131. The van der Waals surface area contributed by atoms with E-state index in [9.17, 15) is 4.79 Å². The molecule has 1 saturated heterocycles. The molecule has 1 aliphatic heterocycles. The highest BCUT2D eigenvalue weighted by Gasteiger charge is 2.39. The number of halogens is 1. The van der Waals surface area contributed by atoms with Crippen LogP contribution in [-0.2, 0) is 4.79 Å². The van der Waals surface area contributed by atoms with Crippen LogP contribution in [0.4, 0.5) is 0 Å². The zero-order chi connectivity index (χ0) is 11.0. The maximum Gasteiger partial charge on any atom is 0.236 e. The van der Waals surface area contributed by atoms with Crippen LogP contribution >= 0.6 is 15.9 Å². The first-order valence-corrected chi connectivity index (χ1v) is 6.97. The van der Waals surface area contributed by atoms with Gasteiger partial charge in [0.25, 0.3) is 0 Å². The van der Waals surface area contributed by atoms with Gasteiger partial charge in [-0.15, -0.1) is 0 Å². The molecule has 0 aromatic heterocycles. The second-order valence-corrected chi connectivity index (χ2v) is 6.23. The summed E-state index contributed by atoms with van der Waals surface area (Å²) in [7, 11) is 0. The number of nitrogens with zero attached hydrogens (tertiary/aromatic N) is 1. The molecule has 2 fully saturated rings. The van der Waals surface area contributed by atoms with E-state index in [0.29, 0.717) is 17.9 Å². The van der Waals surface area contributed by atoms with Crippen LogP contribution in [0.1, 0.15) is 39.5 Å². The van der Waals surface area contributed by atoms with Crippen LogP contribution in [0.5, 0.6) is 0 Å². The van der Waals surface area contributed by atoms with Crippen molar-refractivity contribution in [2.24, 2.45) is 11.8 Å². The molecule has 1 heterocycles. The Hall–Kier alpha value is -0.0500. The summed E-state index contributed by atoms with van der Waals surface area (Å²) >= 11 is 3.45. The SMILES string of the molecule is CC1CCCC(N2CCC(Br)C2=O)C1C. The van der Waals surface area contributed by atoms with E-state index >= 15 is 0 Å². The molecule has 0 radical (unpaired) electrons. The first-order valence-electron chi connectivity index (χ1n) is 6.06. The molecule has 2 nitrogen and oxygen atoms in total. The summed E-state index contributed by atoms with van der Waals surface area (Å²) in [6, 6.07) is 0.504. The molecule has 0 spiro atoms. The summed E-state index contributed by atoms with van der Waals surface area (Å²) in [6.07, 6.45) is 4.80. The molecule has 1 aliphatic carbocycles. The number of likely N-dealkylation sites (tertiary alicyclic amines) is 1. The predicted octanol–water partition coefficient (Wildman–Crippen LogP) is 2.81. The van der Waals surface area contributed by atoms with Crippen molar-refractivity contribution in [2.75, 3.05) is 6.54 Å². The minimum Gasteiger partial charge on any atom is -0.338 e. The largest absolute Gasteiger partial charge is 0.338 e. The van der Waals surface area contributed by atoms with Crippen LogP contribution in [0.3, 0.4) is 0 Å². The zero-order valence-electron chi connectivity index (χ0n) is 9.58. The molecular weight excluding hydrogens is 254 g/mol. The summed E-state index contributed by atoms with van der Waals surface area (Å²) < 4.78 is 0. The van der Waals surface area contributed by atoms with Crippen molar-refractivity contribution in [3.05, 3.63) is 0 Å². The van der Waals surface area contributed by atoms with Gasteiger partial charge in [-0.3, -0.25) is 4.79 Å². The number of carbonyl (C=O) groups excluding carboxylic acids is 1. The minimum atomic E-state index is 0.0851. The Morgan fingerprint density at radius 3 is 2.60 bits per heavy atom. The molecule has 2 aliphatic rings. The van der Waals surface area contributed by atoms with Gasteiger partial charge in [0.2, 0.25) is 5.91 Å². The third kappa shape index (κ3) is 2.08. The van der Waals surface area contributed by atoms with Gasteiger partial charge in [0, 0.05) is 12.6 Å². The van der Waals surface area contributed by atoms with Crippen LogP contribution in [0.15, 0.2) is 0 Å². The van der Waals surface area contributed by atoms with E-state index < -0.39 is 0 Å². The number of hydrogen-bond donors (Lipinski definition) is 0. The van der Waals surface area contributed by atoms with Gasteiger partial charge in [-0.1, -0.05) is 42.6 Å². The zero-order valence-corrected chi connectivity index (χ0v) is 11.2. The van der Waals surface area contributed by atoms with Crippen LogP contribution < -0.4 is 0 Å². The Labute approximate surface area is 101 Å². The Kier molecular flexibility index (Phi) is 3.39. The summed E-state index contributed by atoms with van der Waals surface area (Å²) in [4.78, 5) is 14.1. The average molecular weight is 274 g/mol. The molecule has 0 N–H and O–H groups in total. The van der Waals surface area contributed by atoms with Crippen molar-refractivity contribution in [2.45, 2.75) is 50.4 Å². The van der Waals surface area contributed by atoms with Crippen molar-refractivity contribution in [3.8, 4) is 0 Å². The molecule has 0 bridgehead atoms. The number of carbonyl (C=O) groups is 1. The third-order valence-corrected chi connectivity index (χ3v) is 5.09. The van der Waals surface area contributed by atoms with Crippen LogP contribution in [0.2, 0.25) is 0 Å². The number of alkyl halides is 1. The van der Waals surface area contributed by atoms with E-state index in [1.54, 1.807) is 0 Å². The number of hydrogen-bond acceptors (Lipinski definition) is 1. The highest BCUT2D eigenvalue weighted by Crippen LogP contribution is 2.35. The fourth-order valence-corrected chi connectivity index (χ4v) is 3.46. The molecule has 0 aromatic rings. The van der Waals surface area contributed by atoms with E-state index in [0.717, 1.165) is 18.9 Å². The van der Waals surface area contributed by atoms with Crippen molar-refractivity contribution in [3.63, 3.8) is 0 Å². The Balaban J connectivity index is 2.06. The lowest BCUT2D eigenvalue weighted by Gasteiger charge is -2.39. The first kappa shape index (κ1) is 11.4. The molecule has 1 amide bonds. The average Bonchev–Trinajstić information content (AvgIpc) is 2.53. The standard InChI is InChI=1S/C12H20BrNO/c1-8-4-3-5-11(9(8)2)14-7-6-10(13)12(14)15/h8-11H,3-7H2,1-2H3. The molecule has 1 saturated carbocycles. The van der Waals surface area contributed by atoms with Crippen LogP contribution in [-0.4, -0.2) is 28.2 Å². The number of amides is 1. The van der Waals surface area contributed by atoms with E-state index in [1.165, 1.54) is 19.3 Å².